The molecule has 1 aromatic heterocycles. The SMILES string of the molecule is CS(=O)(=O)c1ccc(F)c(NC(=O)c2ccnc(Br)c2)c1. The molecule has 0 saturated carbocycles. The summed E-state index contributed by atoms with van der Waals surface area (Å²) in [6.45, 7) is 0. The maximum Gasteiger partial charge on any atom is 0.255 e. The van der Waals surface area contributed by atoms with Crippen molar-refractivity contribution in [2.24, 2.45) is 0 Å². The molecule has 0 aliphatic rings. The van der Waals surface area contributed by atoms with Gasteiger partial charge in [0.1, 0.15) is 10.4 Å². The highest BCUT2D eigenvalue weighted by Gasteiger charge is 2.14. The molecule has 0 atom stereocenters. The minimum Gasteiger partial charge on any atom is -0.319 e. The second kappa shape index (κ2) is 5.90. The van der Waals surface area contributed by atoms with Crippen molar-refractivity contribution in [2.45, 2.75) is 4.90 Å². The molecule has 0 saturated heterocycles. The zero-order valence-corrected chi connectivity index (χ0v) is 13.2. The van der Waals surface area contributed by atoms with Crippen LogP contribution in [-0.4, -0.2) is 25.6 Å². The summed E-state index contributed by atoms with van der Waals surface area (Å²) in [7, 11) is -3.48. The van der Waals surface area contributed by atoms with Crippen LogP contribution < -0.4 is 5.32 Å². The van der Waals surface area contributed by atoms with Crippen LogP contribution in [0.1, 0.15) is 10.4 Å². The number of aromatic nitrogens is 1. The molecule has 1 heterocycles. The average molecular weight is 373 g/mol. The van der Waals surface area contributed by atoms with Crippen LogP contribution in [0.2, 0.25) is 0 Å². The number of sulfone groups is 1. The summed E-state index contributed by atoms with van der Waals surface area (Å²) in [4.78, 5) is 15.8. The van der Waals surface area contributed by atoms with Gasteiger partial charge in [-0.3, -0.25) is 4.79 Å². The third-order valence-electron chi connectivity index (χ3n) is 2.60. The van der Waals surface area contributed by atoms with Crippen molar-refractivity contribution < 1.29 is 17.6 Å². The topological polar surface area (TPSA) is 76.1 Å². The molecule has 0 fully saturated rings. The number of halogens is 2. The Morgan fingerprint density at radius 2 is 2.00 bits per heavy atom. The molecule has 1 amide bonds. The van der Waals surface area contributed by atoms with E-state index in [1.807, 2.05) is 0 Å². The highest BCUT2D eigenvalue weighted by molar-refractivity contribution is 9.10. The Morgan fingerprint density at radius 1 is 1.29 bits per heavy atom. The molecule has 110 valence electrons. The fraction of sp³-hybridized carbons (Fsp3) is 0.0769. The van der Waals surface area contributed by atoms with Crippen molar-refractivity contribution in [1.29, 1.82) is 0 Å². The quantitative estimate of drug-likeness (QED) is 0.663. The summed E-state index contributed by atoms with van der Waals surface area (Å²) in [5.74, 6) is -1.29. The van der Waals surface area contributed by atoms with E-state index in [4.69, 9.17) is 0 Å². The van der Waals surface area contributed by atoms with Gasteiger partial charge >= 0.3 is 0 Å². The zero-order chi connectivity index (χ0) is 15.6. The van der Waals surface area contributed by atoms with Gasteiger partial charge in [-0.25, -0.2) is 17.8 Å². The van der Waals surface area contributed by atoms with Crippen LogP contribution in [0.4, 0.5) is 10.1 Å². The first-order valence-electron chi connectivity index (χ1n) is 5.70. The first-order chi connectivity index (χ1) is 9.77. The monoisotopic (exact) mass is 372 g/mol. The van der Waals surface area contributed by atoms with E-state index < -0.39 is 21.6 Å². The minimum atomic E-state index is -3.48. The number of carbonyl (C=O) groups is 1. The number of benzene rings is 1. The molecule has 0 unspecified atom stereocenters. The molecule has 0 aliphatic carbocycles. The third-order valence-corrected chi connectivity index (χ3v) is 4.15. The molecule has 1 N–H and O–H groups in total. The first-order valence-corrected chi connectivity index (χ1v) is 8.38. The van der Waals surface area contributed by atoms with E-state index in [-0.39, 0.29) is 16.1 Å². The van der Waals surface area contributed by atoms with Crippen molar-refractivity contribution in [1.82, 2.24) is 4.98 Å². The Bertz CT molecular complexity index is 809. The number of hydrogen-bond acceptors (Lipinski definition) is 4. The molecule has 1 aromatic carbocycles. The van der Waals surface area contributed by atoms with E-state index in [0.717, 1.165) is 24.5 Å². The van der Waals surface area contributed by atoms with Crippen molar-refractivity contribution in [3.63, 3.8) is 0 Å². The van der Waals surface area contributed by atoms with E-state index in [2.05, 4.69) is 26.2 Å². The van der Waals surface area contributed by atoms with Gasteiger partial charge in [-0.1, -0.05) is 0 Å². The van der Waals surface area contributed by atoms with Gasteiger partial charge in [0, 0.05) is 18.0 Å². The van der Waals surface area contributed by atoms with Crippen LogP contribution in [0.15, 0.2) is 46.0 Å². The van der Waals surface area contributed by atoms with Crippen LogP contribution >= 0.6 is 15.9 Å². The molecular weight excluding hydrogens is 363 g/mol. The second-order valence-electron chi connectivity index (χ2n) is 4.24. The molecule has 0 aliphatic heterocycles. The Balaban J connectivity index is 2.33. The summed E-state index contributed by atoms with van der Waals surface area (Å²) >= 11 is 3.12. The lowest BCUT2D eigenvalue weighted by Crippen LogP contribution is -2.13. The zero-order valence-electron chi connectivity index (χ0n) is 10.8. The van der Waals surface area contributed by atoms with Gasteiger partial charge in [-0.2, -0.15) is 0 Å². The number of anilines is 1. The molecule has 0 radical (unpaired) electrons. The van der Waals surface area contributed by atoms with Gasteiger partial charge in [0.25, 0.3) is 5.91 Å². The number of hydrogen-bond donors (Lipinski definition) is 1. The maximum atomic E-state index is 13.7. The summed E-state index contributed by atoms with van der Waals surface area (Å²) in [5, 5.41) is 2.34. The van der Waals surface area contributed by atoms with E-state index in [9.17, 15) is 17.6 Å². The van der Waals surface area contributed by atoms with Crippen LogP contribution in [0.5, 0.6) is 0 Å². The average Bonchev–Trinajstić information content (AvgIpc) is 2.40. The Hall–Kier alpha value is -1.80. The van der Waals surface area contributed by atoms with E-state index in [1.165, 1.54) is 18.3 Å². The molecule has 8 heteroatoms. The number of nitrogens with one attached hydrogen (secondary N) is 1. The lowest BCUT2D eigenvalue weighted by molar-refractivity contribution is 0.102. The van der Waals surface area contributed by atoms with E-state index in [1.54, 1.807) is 0 Å². The van der Waals surface area contributed by atoms with Gasteiger partial charge in [-0.15, -0.1) is 0 Å². The van der Waals surface area contributed by atoms with Crippen molar-refractivity contribution in [3.05, 3.63) is 52.5 Å². The molecule has 2 aromatic rings. The fourth-order valence-electron chi connectivity index (χ4n) is 1.57. The lowest BCUT2D eigenvalue weighted by atomic mass is 10.2. The Labute approximate surface area is 129 Å². The molecular formula is C13H10BrFN2O3S. The molecule has 21 heavy (non-hydrogen) atoms. The van der Waals surface area contributed by atoms with Crippen LogP contribution in [-0.2, 0) is 9.84 Å². The summed E-state index contributed by atoms with van der Waals surface area (Å²) in [5.41, 5.74) is 0.0666. The largest absolute Gasteiger partial charge is 0.319 e. The van der Waals surface area contributed by atoms with E-state index in [0.29, 0.717) is 4.60 Å². The lowest BCUT2D eigenvalue weighted by Gasteiger charge is -2.08. The minimum absolute atomic E-state index is 0.0740. The van der Waals surface area contributed by atoms with Gasteiger partial charge in [0.05, 0.1) is 10.6 Å². The highest BCUT2D eigenvalue weighted by Crippen LogP contribution is 2.20. The predicted molar refractivity (Wildman–Crippen MR) is 79.4 cm³/mol. The molecule has 2 rings (SSSR count). The Kier molecular flexibility index (Phi) is 4.38. The summed E-state index contributed by atoms with van der Waals surface area (Å²) in [6, 6.07) is 6.14. The predicted octanol–water partition coefficient (Wildman–Crippen LogP) is 2.64. The van der Waals surface area contributed by atoms with Crippen LogP contribution in [0, 0.1) is 5.82 Å². The van der Waals surface area contributed by atoms with Gasteiger partial charge < -0.3 is 5.32 Å². The summed E-state index contributed by atoms with van der Waals surface area (Å²) in [6.07, 6.45) is 2.42. The Morgan fingerprint density at radius 3 is 2.62 bits per heavy atom. The van der Waals surface area contributed by atoms with Gasteiger partial charge in [-0.05, 0) is 46.3 Å². The van der Waals surface area contributed by atoms with Crippen molar-refractivity contribution >= 4 is 37.4 Å². The van der Waals surface area contributed by atoms with Crippen molar-refractivity contribution in [2.75, 3.05) is 11.6 Å². The number of nitrogens with zero attached hydrogens (tertiary/aromatic N) is 1. The fourth-order valence-corrected chi connectivity index (χ4v) is 2.58. The maximum absolute atomic E-state index is 13.7. The normalized spacial score (nSPS) is 11.2. The number of pyridine rings is 1. The van der Waals surface area contributed by atoms with E-state index >= 15 is 0 Å². The standard InChI is InChI=1S/C13H10BrFN2O3S/c1-21(19,20)9-2-3-10(15)11(7-9)17-13(18)8-4-5-16-12(14)6-8/h2-7H,1H3,(H,17,18). The van der Waals surface area contributed by atoms with Crippen LogP contribution in [0.25, 0.3) is 0 Å². The van der Waals surface area contributed by atoms with Gasteiger partial charge in [0.2, 0.25) is 0 Å². The number of amides is 1. The third kappa shape index (κ3) is 3.85. The smallest absolute Gasteiger partial charge is 0.255 e. The molecule has 5 nitrogen and oxygen atoms in total. The second-order valence-corrected chi connectivity index (χ2v) is 7.06. The molecule has 0 bridgehead atoms. The number of rotatable bonds is 3. The molecule has 0 spiro atoms. The first kappa shape index (κ1) is 15.6. The number of carbonyl (C=O) groups excluding carboxylic acids is 1. The van der Waals surface area contributed by atoms with Crippen LogP contribution in [0.3, 0.4) is 0 Å². The van der Waals surface area contributed by atoms with Crippen molar-refractivity contribution in [3.8, 4) is 0 Å². The summed E-state index contributed by atoms with van der Waals surface area (Å²) < 4.78 is 37.0. The highest BCUT2D eigenvalue weighted by atomic mass is 79.9. The van der Waals surface area contributed by atoms with Gasteiger partial charge in [0.15, 0.2) is 9.84 Å².